The van der Waals surface area contributed by atoms with Gasteiger partial charge >= 0.3 is 0 Å². The number of rotatable bonds is 4. The van der Waals surface area contributed by atoms with Crippen molar-refractivity contribution in [3.63, 3.8) is 0 Å². The first kappa shape index (κ1) is 14.5. The third kappa shape index (κ3) is 2.97. The Balaban J connectivity index is 2.41. The molecule has 2 rings (SSSR count). The van der Waals surface area contributed by atoms with Crippen molar-refractivity contribution in [3.8, 4) is 0 Å². The average Bonchev–Trinajstić information content (AvgIpc) is 2.38. The molecule has 6 heteroatoms. The summed E-state index contributed by atoms with van der Waals surface area (Å²) < 4.78 is 27.3. The number of nitrogens with one attached hydrogen (secondary N) is 1. The molecule has 0 fully saturated rings. The van der Waals surface area contributed by atoms with Crippen LogP contribution in [0.4, 0.5) is 5.82 Å². The van der Waals surface area contributed by atoms with Gasteiger partial charge in [-0.25, -0.2) is 13.4 Å². The molecule has 0 radical (unpaired) electrons. The van der Waals surface area contributed by atoms with Crippen molar-refractivity contribution in [1.29, 1.82) is 0 Å². The van der Waals surface area contributed by atoms with E-state index in [1.807, 2.05) is 6.07 Å². The van der Waals surface area contributed by atoms with Crippen molar-refractivity contribution < 1.29 is 8.42 Å². The third-order valence-electron chi connectivity index (χ3n) is 3.03. The highest BCUT2D eigenvalue weighted by molar-refractivity contribution is 7.92. The molecule has 0 saturated carbocycles. The molecule has 106 valence electrons. The Morgan fingerprint density at radius 1 is 1.15 bits per heavy atom. The first-order chi connectivity index (χ1) is 9.44. The van der Waals surface area contributed by atoms with Crippen LogP contribution in [0.25, 0.3) is 0 Å². The quantitative estimate of drug-likeness (QED) is 0.901. The molecule has 5 nitrogen and oxygen atoms in total. The molecule has 0 spiro atoms. The van der Waals surface area contributed by atoms with Crippen LogP contribution in [-0.2, 0) is 16.6 Å². The van der Waals surface area contributed by atoms with Gasteiger partial charge in [-0.1, -0.05) is 18.2 Å². The number of hydrogen-bond acceptors (Lipinski definition) is 4. The highest BCUT2D eigenvalue weighted by Gasteiger charge is 2.18. The number of sulfonamides is 1. The van der Waals surface area contributed by atoms with Gasteiger partial charge in [0.2, 0.25) is 0 Å². The van der Waals surface area contributed by atoms with Crippen LogP contribution in [0.2, 0.25) is 0 Å². The van der Waals surface area contributed by atoms with E-state index in [4.69, 9.17) is 5.73 Å². The number of benzene rings is 1. The fourth-order valence-electron chi connectivity index (χ4n) is 1.96. The SMILES string of the molecule is Cc1cccc(NS(=O)(=O)c2cccc(CN)c2C)n1. The smallest absolute Gasteiger partial charge is 0.263 e. The summed E-state index contributed by atoms with van der Waals surface area (Å²) in [5.41, 5.74) is 7.83. The van der Waals surface area contributed by atoms with E-state index in [1.54, 1.807) is 44.2 Å². The van der Waals surface area contributed by atoms with Crippen LogP contribution in [-0.4, -0.2) is 13.4 Å². The van der Waals surface area contributed by atoms with Gasteiger partial charge in [-0.3, -0.25) is 4.72 Å². The number of aryl methyl sites for hydroxylation is 1. The first-order valence-electron chi connectivity index (χ1n) is 6.19. The average molecular weight is 291 g/mol. The summed E-state index contributed by atoms with van der Waals surface area (Å²) in [7, 11) is -3.66. The molecule has 0 unspecified atom stereocenters. The van der Waals surface area contributed by atoms with E-state index in [0.717, 1.165) is 11.3 Å². The van der Waals surface area contributed by atoms with Crippen LogP contribution in [0.3, 0.4) is 0 Å². The van der Waals surface area contributed by atoms with Gasteiger partial charge in [0, 0.05) is 12.2 Å². The molecule has 1 aromatic carbocycles. The fourth-order valence-corrected chi connectivity index (χ4v) is 3.26. The van der Waals surface area contributed by atoms with Crippen molar-refractivity contribution in [1.82, 2.24) is 4.98 Å². The minimum Gasteiger partial charge on any atom is -0.326 e. The summed E-state index contributed by atoms with van der Waals surface area (Å²) in [6.45, 7) is 3.86. The maximum Gasteiger partial charge on any atom is 0.263 e. The predicted octanol–water partition coefficient (Wildman–Crippen LogP) is 1.96. The number of anilines is 1. The van der Waals surface area contributed by atoms with E-state index in [-0.39, 0.29) is 4.90 Å². The molecule has 0 aliphatic rings. The Morgan fingerprint density at radius 3 is 2.50 bits per heavy atom. The van der Waals surface area contributed by atoms with E-state index >= 15 is 0 Å². The Bertz CT molecular complexity index is 727. The van der Waals surface area contributed by atoms with Gasteiger partial charge in [-0.2, -0.15) is 0 Å². The molecular weight excluding hydrogens is 274 g/mol. The Hall–Kier alpha value is -1.92. The molecule has 1 aromatic heterocycles. The minimum absolute atomic E-state index is 0.226. The summed E-state index contributed by atoms with van der Waals surface area (Å²) in [4.78, 5) is 4.37. The Labute approximate surface area is 118 Å². The maximum atomic E-state index is 12.4. The van der Waals surface area contributed by atoms with Crippen LogP contribution in [0.5, 0.6) is 0 Å². The number of nitrogens with two attached hydrogens (primary N) is 1. The van der Waals surface area contributed by atoms with Gasteiger partial charge in [0.15, 0.2) is 0 Å². The molecule has 0 aliphatic carbocycles. The maximum absolute atomic E-state index is 12.4. The number of pyridine rings is 1. The summed E-state index contributed by atoms with van der Waals surface area (Å²) in [6.07, 6.45) is 0. The van der Waals surface area contributed by atoms with E-state index in [9.17, 15) is 8.42 Å². The summed E-state index contributed by atoms with van der Waals surface area (Å²) in [6, 6.07) is 10.2. The summed E-state index contributed by atoms with van der Waals surface area (Å²) >= 11 is 0. The lowest BCUT2D eigenvalue weighted by atomic mass is 10.1. The normalized spacial score (nSPS) is 11.3. The second-order valence-electron chi connectivity index (χ2n) is 4.51. The van der Waals surface area contributed by atoms with Crippen LogP contribution in [0.15, 0.2) is 41.3 Å². The van der Waals surface area contributed by atoms with E-state index < -0.39 is 10.0 Å². The molecule has 0 bridgehead atoms. The number of aromatic nitrogens is 1. The van der Waals surface area contributed by atoms with Crippen molar-refractivity contribution in [2.45, 2.75) is 25.3 Å². The zero-order valence-electron chi connectivity index (χ0n) is 11.4. The topological polar surface area (TPSA) is 85.1 Å². The van der Waals surface area contributed by atoms with Gasteiger partial charge in [0.25, 0.3) is 10.0 Å². The van der Waals surface area contributed by atoms with Crippen molar-refractivity contribution in [3.05, 3.63) is 53.2 Å². The number of hydrogen-bond donors (Lipinski definition) is 2. The molecule has 3 N–H and O–H groups in total. The Morgan fingerprint density at radius 2 is 1.85 bits per heavy atom. The van der Waals surface area contributed by atoms with Crippen LogP contribution < -0.4 is 10.5 Å². The molecule has 0 atom stereocenters. The zero-order valence-corrected chi connectivity index (χ0v) is 12.2. The van der Waals surface area contributed by atoms with E-state index in [1.165, 1.54) is 0 Å². The zero-order chi connectivity index (χ0) is 14.8. The molecule has 20 heavy (non-hydrogen) atoms. The predicted molar refractivity (Wildman–Crippen MR) is 78.9 cm³/mol. The van der Waals surface area contributed by atoms with E-state index in [0.29, 0.717) is 17.9 Å². The molecule has 2 aromatic rings. The van der Waals surface area contributed by atoms with Crippen LogP contribution in [0, 0.1) is 13.8 Å². The highest BCUT2D eigenvalue weighted by Crippen LogP contribution is 2.21. The standard InChI is InChI=1S/C14H17N3O2S/c1-10-5-3-8-14(16-10)17-20(18,19)13-7-4-6-12(9-15)11(13)2/h3-8H,9,15H2,1-2H3,(H,16,17). The van der Waals surface area contributed by atoms with Crippen LogP contribution >= 0.6 is 0 Å². The molecule has 0 aliphatic heterocycles. The van der Waals surface area contributed by atoms with Gasteiger partial charge in [-0.05, 0) is 43.2 Å². The van der Waals surface area contributed by atoms with Crippen LogP contribution in [0.1, 0.15) is 16.8 Å². The molecule has 1 heterocycles. The lowest BCUT2D eigenvalue weighted by molar-refractivity contribution is 0.600. The van der Waals surface area contributed by atoms with Gasteiger partial charge in [-0.15, -0.1) is 0 Å². The van der Waals surface area contributed by atoms with Gasteiger partial charge < -0.3 is 5.73 Å². The molecular formula is C14H17N3O2S. The largest absolute Gasteiger partial charge is 0.326 e. The van der Waals surface area contributed by atoms with Crippen molar-refractivity contribution in [2.75, 3.05) is 4.72 Å². The minimum atomic E-state index is -3.66. The molecule has 0 saturated heterocycles. The third-order valence-corrected chi connectivity index (χ3v) is 4.53. The van der Waals surface area contributed by atoms with Crippen molar-refractivity contribution >= 4 is 15.8 Å². The second kappa shape index (κ2) is 5.60. The van der Waals surface area contributed by atoms with E-state index in [2.05, 4.69) is 9.71 Å². The second-order valence-corrected chi connectivity index (χ2v) is 6.16. The summed E-state index contributed by atoms with van der Waals surface area (Å²) in [5, 5.41) is 0. The Kier molecular flexibility index (Phi) is 4.06. The lowest BCUT2D eigenvalue weighted by Gasteiger charge is -2.12. The highest BCUT2D eigenvalue weighted by atomic mass is 32.2. The van der Waals surface area contributed by atoms with Gasteiger partial charge in [0.05, 0.1) is 4.90 Å². The fraction of sp³-hybridized carbons (Fsp3) is 0.214. The molecule has 0 amide bonds. The van der Waals surface area contributed by atoms with Crippen molar-refractivity contribution in [2.24, 2.45) is 5.73 Å². The number of nitrogens with zero attached hydrogens (tertiary/aromatic N) is 1. The monoisotopic (exact) mass is 291 g/mol. The lowest BCUT2D eigenvalue weighted by Crippen LogP contribution is -2.16. The first-order valence-corrected chi connectivity index (χ1v) is 7.67. The van der Waals surface area contributed by atoms with Gasteiger partial charge in [0.1, 0.15) is 5.82 Å². The summed E-state index contributed by atoms with van der Waals surface area (Å²) in [5.74, 6) is 0.308.